The van der Waals surface area contributed by atoms with Gasteiger partial charge in [0.1, 0.15) is 5.82 Å². The lowest BCUT2D eigenvalue weighted by Crippen LogP contribution is -2.36. The van der Waals surface area contributed by atoms with Crippen LogP contribution in [0.25, 0.3) is 0 Å². The first kappa shape index (κ1) is 15.1. The molecule has 1 unspecified atom stereocenters. The van der Waals surface area contributed by atoms with Crippen molar-refractivity contribution < 1.29 is 9.50 Å². The van der Waals surface area contributed by atoms with Crippen LogP contribution >= 0.6 is 23.2 Å². The van der Waals surface area contributed by atoms with Gasteiger partial charge in [-0.1, -0.05) is 41.4 Å². The van der Waals surface area contributed by atoms with Gasteiger partial charge in [-0.15, -0.1) is 0 Å². The average molecular weight is 314 g/mol. The molecule has 106 valence electrons. The van der Waals surface area contributed by atoms with Gasteiger partial charge in [-0.3, -0.25) is 0 Å². The smallest absolute Gasteiger partial charge is 0.142 e. The topological polar surface area (TPSA) is 32.3 Å². The predicted molar refractivity (Wildman–Crippen MR) is 80.9 cm³/mol. The van der Waals surface area contributed by atoms with E-state index in [0.29, 0.717) is 10.6 Å². The normalized spacial score (nSPS) is 13.8. The van der Waals surface area contributed by atoms with E-state index >= 15 is 0 Å². The lowest BCUT2D eigenvalue weighted by atomic mass is 9.92. The highest BCUT2D eigenvalue weighted by Crippen LogP contribution is 2.34. The van der Waals surface area contributed by atoms with E-state index in [2.05, 4.69) is 5.32 Å². The molecule has 0 aliphatic rings. The maximum Gasteiger partial charge on any atom is 0.142 e. The van der Waals surface area contributed by atoms with Crippen LogP contribution in [0.15, 0.2) is 42.5 Å². The highest BCUT2D eigenvalue weighted by Gasteiger charge is 2.29. The van der Waals surface area contributed by atoms with E-state index in [1.165, 1.54) is 12.1 Å². The summed E-state index contributed by atoms with van der Waals surface area (Å²) in [7, 11) is 0. The molecule has 2 rings (SSSR count). The Hall–Kier alpha value is -1.29. The molecule has 5 heteroatoms. The summed E-state index contributed by atoms with van der Waals surface area (Å²) in [6.07, 6.45) is 0. The van der Waals surface area contributed by atoms with Crippen molar-refractivity contribution in [2.45, 2.75) is 12.5 Å². The third kappa shape index (κ3) is 3.06. The van der Waals surface area contributed by atoms with Gasteiger partial charge >= 0.3 is 0 Å². The number of para-hydroxylation sites is 1. The van der Waals surface area contributed by atoms with E-state index in [4.69, 9.17) is 23.2 Å². The summed E-state index contributed by atoms with van der Waals surface area (Å²) in [5.41, 5.74) is 0.340. The standard InChI is InChI=1S/C15H14Cl2FNO/c1-15(9-20,19-10-5-3-2-4-6-10)11-7-14(18)13(17)8-12(11)16/h2-8,19-20H,9H2,1H3. The highest BCUT2D eigenvalue weighted by molar-refractivity contribution is 6.35. The van der Waals surface area contributed by atoms with Gasteiger partial charge in [0, 0.05) is 16.3 Å². The minimum Gasteiger partial charge on any atom is -0.394 e. The summed E-state index contributed by atoms with van der Waals surface area (Å²) in [5.74, 6) is -0.569. The zero-order chi connectivity index (χ0) is 14.8. The van der Waals surface area contributed by atoms with Crippen molar-refractivity contribution in [3.8, 4) is 0 Å². The van der Waals surface area contributed by atoms with Crippen LogP contribution in [0, 0.1) is 5.82 Å². The Bertz CT molecular complexity index is 606. The Morgan fingerprint density at radius 3 is 2.40 bits per heavy atom. The highest BCUT2D eigenvalue weighted by atomic mass is 35.5. The number of rotatable bonds is 4. The Balaban J connectivity index is 2.43. The Kier molecular flexibility index (Phi) is 4.53. The quantitative estimate of drug-likeness (QED) is 0.817. The summed E-state index contributed by atoms with van der Waals surface area (Å²) in [6, 6.07) is 11.9. The van der Waals surface area contributed by atoms with Gasteiger partial charge in [0.2, 0.25) is 0 Å². The summed E-state index contributed by atoms with van der Waals surface area (Å²) in [4.78, 5) is 0. The van der Waals surface area contributed by atoms with Crippen LogP contribution in [0.5, 0.6) is 0 Å². The maximum atomic E-state index is 13.7. The number of aliphatic hydroxyl groups is 1. The number of nitrogens with one attached hydrogen (secondary N) is 1. The molecule has 20 heavy (non-hydrogen) atoms. The fourth-order valence-electron chi connectivity index (χ4n) is 1.98. The van der Waals surface area contributed by atoms with Gasteiger partial charge in [0.15, 0.2) is 0 Å². The second kappa shape index (κ2) is 6.00. The first-order valence-electron chi connectivity index (χ1n) is 6.05. The number of halogens is 3. The molecule has 0 radical (unpaired) electrons. The minimum absolute atomic E-state index is 0.0428. The molecule has 0 spiro atoms. The summed E-state index contributed by atoms with van der Waals surface area (Å²) in [5, 5.41) is 13.1. The largest absolute Gasteiger partial charge is 0.394 e. The van der Waals surface area contributed by atoms with Crippen LogP contribution in [-0.4, -0.2) is 11.7 Å². The van der Waals surface area contributed by atoms with Crippen LogP contribution in [0.4, 0.5) is 10.1 Å². The van der Waals surface area contributed by atoms with Crippen molar-refractivity contribution in [2.24, 2.45) is 0 Å². The molecule has 0 bridgehead atoms. The lowest BCUT2D eigenvalue weighted by molar-refractivity contribution is 0.224. The molecule has 0 aliphatic heterocycles. The minimum atomic E-state index is -0.913. The molecule has 0 aliphatic carbocycles. The van der Waals surface area contributed by atoms with Crippen molar-refractivity contribution in [3.05, 3.63) is 63.9 Å². The SMILES string of the molecule is CC(CO)(Nc1ccccc1)c1cc(F)c(Cl)cc1Cl. The first-order valence-corrected chi connectivity index (χ1v) is 6.81. The van der Waals surface area contributed by atoms with E-state index in [0.717, 1.165) is 5.69 Å². The molecule has 2 aromatic carbocycles. The van der Waals surface area contributed by atoms with E-state index in [1.54, 1.807) is 6.92 Å². The van der Waals surface area contributed by atoms with Crippen molar-refractivity contribution in [3.63, 3.8) is 0 Å². The molecule has 0 aromatic heterocycles. The lowest BCUT2D eigenvalue weighted by Gasteiger charge is -2.31. The molecule has 0 fully saturated rings. The van der Waals surface area contributed by atoms with Gasteiger partial charge in [-0.2, -0.15) is 0 Å². The van der Waals surface area contributed by atoms with E-state index < -0.39 is 11.4 Å². The number of anilines is 1. The number of aliphatic hydroxyl groups excluding tert-OH is 1. The zero-order valence-corrected chi connectivity index (χ0v) is 12.3. The molecule has 0 saturated carbocycles. The van der Waals surface area contributed by atoms with Gasteiger partial charge < -0.3 is 10.4 Å². The van der Waals surface area contributed by atoms with Gasteiger partial charge in [-0.25, -0.2) is 4.39 Å². The number of hydrogen-bond acceptors (Lipinski definition) is 2. The fraction of sp³-hybridized carbons (Fsp3) is 0.200. The second-order valence-corrected chi connectivity index (χ2v) is 5.54. The Labute approximate surface area is 127 Å². The van der Waals surface area contributed by atoms with Gasteiger partial charge in [-0.05, 0) is 31.2 Å². The molecule has 2 aromatic rings. The third-order valence-electron chi connectivity index (χ3n) is 3.11. The fourth-order valence-corrected chi connectivity index (χ4v) is 2.57. The van der Waals surface area contributed by atoms with E-state index in [-0.39, 0.29) is 11.6 Å². The molecular formula is C15H14Cl2FNO. The first-order chi connectivity index (χ1) is 9.46. The number of benzene rings is 2. The van der Waals surface area contributed by atoms with Crippen LogP contribution in [0.2, 0.25) is 10.0 Å². The Morgan fingerprint density at radius 2 is 1.80 bits per heavy atom. The Morgan fingerprint density at radius 1 is 1.15 bits per heavy atom. The summed E-state index contributed by atoms with van der Waals surface area (Å²) < 4.78 is 13.7. The van der Waals surface area contributed by atoms with Crippen molar-refractivity contribution in [2.75, 3.05) is 11.9 Å². The summed E-state index contributed by atoms with van der Waals surface area (Å²) in [6.45, 7) is 1.50. The molecule has 1 atom stereocenters. The van der Waals surface area contributed by atoms with Crippen molar-refractivity contribution >= 4 is 28.9 Å². The summed E-state index contributed by atoms with van der Waals surface area (Å²) >= 11 is 11.8. The zero-order valence-electron chi connectivity index (χ0n) is 10.8. The molecule has 0 amide bonds. The van der Waals surface area contributed by atoms with Gasteiger partial charge in [0.25, 0.3) is 0 Å². The molecule has 0 saturated heterocycles. The molecular weight excluding hydrogens is 300 g/mol. The van der Waals surface area contributed by atoms with Crippen molar-refractivity contribution in [1.82, 2.24) is 0 Å². The van der Waals surface area contributed by atoms with Gasteiger partial charge in [0.05, 0.1) is 17.2 Å². The van der Waals surface area contributed by atoms with E-state index in [1.807, 2.05) is 30.3 Å². The molecule has 2 N–H and O–H groups in total. The van der Waals surface area contributed by atoms with Crippen LogP contribution in [-0.2, 0) is 5.54 Å². The molecule has 0 heterocycles. The maximum absolute atomic E-state index is 13.7. The predicted octanol–water partition coefficient (Wildman–Crippen LogP) is 4.45. The van der Waals surface area contributed by atoms with Crippen LogP contribution in [0.1, 0.15) is 12.5 Å². The molecule has 2 nitrogen and oxygen atoms in total. The van der Waals surface area contributed by atoms with E-state index in [9.17, 15) is 9.50 Å². The van der Waals surface area contributed by atoms with Crippen LogP contribution in [0.3, 0.4) is 0 Å². The third-order valence-corrected chi connectivity index (χ3v) is 3.72. The number of hydrogen-bond donors (Lipinski definition) is 2. The van der Waals surface area contributed by atoms with Crippen LogP contribution < -0.4 is 5.32 Å². The average Bonchev–Trinajstić information content (AvgIpc) is 2.43. The van der Waals surface area contributed by atoms with Crippen molar-refractivity contribution in [1.29, 1.82) is 0 Å². The second-order valence-electron chi connectivity index (χ2n) is 4.73. The monoisotopic (exact) mass is 313 g/mol.